The third kappa shape index (κ3) is 6.11. The van der Waals surface area contributed by atoms with E-state index in [-0.39, 0.29) is 43.5 Å². The number of carbonyl (C=O) groups is 3. The molecule has 2 atom stereocenters. The molecule has 1 aliphatic heterocycles. The molecule has 2 amide bonds. The first-order valence-corrected chi connectivity index (χ1v) is 12.4. The Balaban J connectivity index is 1.73. The van der Waals surface area contributed by atoms with E-state index >= 15 is 0 Å². The van der Waals surface area contributed by atoms with Crippen molar-refractivity contribution in [3.63, 3.8) is 0 Å². The van der Waals surface area contributed by atoms with Crippen LogP contribution in [0.1, 0.15) is 46.0 Å². The molecule has 3 heterocycles. The standard InChI is InChI=1S/C25H35N7O4/c1-5-6-7-22(34)36-15-14-29(3)25(35)32-13-10-19-23(27-17-28-24(19)32)30(4)20-16-31(12-9-18(20)2)21(33)8-11-26/h10,13,17-18,20H,5-9,12,14-16H2,1-4H3/t18-,20+/m1/s1. The number of likely N-dealkylation sites (N-methyl/N-ethyl adjacent to an activating group) is 2. The number of esters is 1. The Morgan fingerprint density at radius 2 is 2.06 bits per heavy atom. The summed E-state index contributed by atoms with van der Waals surface area (Å²) < 4.78 is 6.68. The molecule has 0 radical (unpaired) electrons. The van der Waals surface area contributed by atoms with Crippen molar-refractivity contribution >= 4 is 34.8 Å². The van der Waals surface area contributed by atoms with Crippen molar-refractivity contribution in [2.75, 3.05) is 45.2 Å². The Bertz CT molecular complexity index is 1130. The Morgan fingerprint density at radius 3 is 2.78 bits per heavy atom. The highest BCUT2D eigenvalue weighted by molar-refractivity contribution is 5.94. The van der Waals surface area contributed by atoms with Gasteiger partial charge in [0.25, 0.3) is 0 Å². The van der Waals surface area contributed by atoms with Crippen molar-refractivity contribution in [2.24, 2.45) is 5.92 Å². The monoisotopic (exact) mass is 497 g/mol. The molecule has 0 bridgehead atoms. The van der Waals surface area contributed by atoms with E-state index in [4.69, 9.17) is 10.00 Å². The van der Waals surface area contributed by atoms with Gasteiger partial charge in [0.2, 0.25) is 5.91 Å². The number of hydrogen-bond acceptors (Lipinski definition) is 8. The largest absolute Gasteiger partial charge is 0.464 e. The fourth-order valence-corrected chi connectivity index (χ4v) is 4.46. The van der Waals surface area contributed by atoms with Gasteiger partial charge in [-0.15, -0.1) is 0 Å². The predicted molar refractivity (Wildman–Crippen MR) is 134 cm³/mol. The lowest BCUT2D eigenvalue weighted by Gasteiger charge is -2.42. The minimum absolute atomic E-state index is 0.00334. The number of amides is 2. The number of ether oxygens (including phenoxy) is 1. The zero-order valence-corrected chi connectivity index (χ0v) is 21.5. The lowest BCUT2D eigenvalue weighted by molar-refractivity contribution is -0.144. The number of carbonyl (C=O) groups excluding carboxylic acids is 3. The lowest BCUT2D eigenvalue weighted by atomic mass is 9.92. The number of piperidine rings is 1. The highest BCUT2D eigenvalue weighted by Gasteiger charge is 2.33. The number of aromatic nitrogens is 3. The van der Waals surface area contributed by atoms with Crippen LogP contribution in [0.15, 0.2) is 18.6 Å². The Kier molecular flexibility index (Phi) is 9.22. The third-order valence-corrected chi connectivity index (χ3v) is 6.75. The van der Waals surface area contributed by atoms with E-state index in [1.165, 1.54) is 15.8 Å². The Morgan fingerprint density at radius 1 is 1.28 bits per heavy atom. The number of rotatable bonds is 9. The van der Waals surface area contributed by atoms with Crippen LogP contribution in [0, 0.1) is 17.2 Å². The average Bonchev–Trinajstić information content (AvgIpc) is 3.31. The second-order valence-corrected chi connectivity index (χ2v) is 9.27. The summed E-state index contributed by atoms with van der Waals surface area (Å²) in [6.07, 6.45) is 5.88. The number of fused-ring (bicyclic) bond motifs is 1. The quantitative estimate of drug-likeness (QED) is 0.484. The highest BCUT2D eigenvalue weighted by Crippen LogP contribution is 2.29. The molecule has 0 unspecified atom stereocenters. The third-order valence-electron chi connectivity index (χ3n) is 6.75. The maximum absolute atomic E-state index is 13.1. The number of hydrogen-bond donors (Lipinski definition) is 0. The summed E-state index contributed by atoms with van der Waals surface area (Å²) in [7, 11) is 3.58. The first kappa shape index (κ1) is 26.9. The summed E-state index contributed by atoms with van der Waals surface area (Å²) in [5.74, 6) is 0.562. The first-order valence-electron chi connectivity index (χ1n) is 12.4. The normalized spacial score (nSPS) is 17.5. The van der Waals surface area contributed by atoms with Crippen molar-refractivity contribution in [3.8, 4) is 6.07 Å². The van der Waals surface area contributed by atoms with Crippen LogP contribution in [-0.2, 0) is 14.3 Å². The molecule has 11 heteroatoms. The minimum atomic E-state index is -0.291. The van der Waals surface area contributed by atoms with Crippen LogP contribution in [0.3, 0.4) is 0 Å². The van der Waals surface area contributed by atoms with Crippen LogP contribution in [0.2, 0.25) is 0 Å². The SMILES string of the molecule is CCCCC(=O)OCCN(C)C(=O)n1ccc2c(N(C)[C@H]3CN(C(=O)CC#N)CC[C@H]3C)ncnc21. The van der Waals surface area contributed by atoms with Gasteiger partial charge in [0.1, 0.15) is 25.2 Å². The van der Waals surface area contributed by atoms with Gasteiger partial charge >= 0.3 is 12.0 Å². The Labute approximate surface area is 211 Å². The number of anilines is 1. The van der Waals surface area contributed by atoms with E-state index < -0.39 is 0 Å². The van der Waals surface area contributed by atoms with Gasteiger partial charge in [0, 0.05) is 39.8 Å². The molecule has 194 valence electrons. The summed E-state index contributed by atoms with van der Waals surface area (Å²) in [6.45, 7) is 5.69. The van der Waals surface area contributed by atoms with Crippen LogP contribution in [0.4, 0.5) is 10.6 Å². The predicted octanol–water partition coefficient (Wildman–Crippen LogP) is 2.65. The van der Waals surface area contributed by atoms with E-state index in [0.717, 1.165) is 24.6 Å². The average molecular weight is 498 g/mol. The second-order valence-electron chi connectivity index (χ2n) is 9.27. The first-order chi connectivity index (χ1) is 17.3. The van der Waals surface area contributed by atoms with E-state index in [1.807, 2.05) is 31.0 Å². The van der Waals surface area contributed by atoms with Crippen LogP contribution >= 0.6 is 0 Å². The molecule has 0 N–H and O–H groups in total. The van der Waals surface area contributed by atoms with Crippen molar-refractivity contribution in [1.29, 1.82) is 5.26 Å². The zero-order chi connectivity index (χ0) is 26.2. The summed E-state index contributed by atoms with van der Waals surface area (Å²) in [6, 6.07) is 3.46. The maximum atomic E-state index is 13.1. The molecule has 11 nitrogen and oxygen atoms in total. The van der Waals surface area contributed by atoms with Crippen LogP contribution < -0.4 is 4.90 Å². The smallest absolute Gasteiger partial charge is 0.329 e. The van der Waals surface area contributed by atoms with Crippen LogP contribution in [-0.4, -0.2) is 88.6 Å². The summed E-state index contributed by atoms with van der Waals surface area (Å²) in [5, 5.41) is 9.62. The molecular formula is C25H35N7O4. The lowest BCUT2D eigenvalue weighted by Crippen LogP contribution is -2.52. The van der Waals surface area contributed by atoms with Gasteiger partial charge < -0.3 is 19.4 Å². The molecule has 1 aliphatic rings. The van der Waals surface area contributed by atoms with Gasteiger partial charge in [-0.05, 0) is 24.8 Å². The van der Waals surface area contributed by atoms with Crippen LogP contribution in [0.25, 0.3) is 11.0 Å². The number of likely N-dealkylation sites (tertiary alicyclic amines) is 1. The molecule has 1 saturated heterocycles. The number of nitrogens with zero attached hydrogens (tertiary/aromatic N) is 7. The fourth-order valence-electron chi connectivity index (χ4n) is 4.46. The Hall–Kier alpha value is -3.68. The van der Waals surface area contributed by atoms with E-state index in [2.05, 4.69) is 16.9 Å². The molecule has 36 heavy (non-hydrogen) atoms. The van der Waals surface area contributed by atoms with Gasteiger partial charge in [-0.3, -0.25) is 14.2 Å². The highest BCUT2D eigenvalue weighted by atomic mass is 16.5. The number of unbranched alkanes of at least 4 members (excludes halogenated alkanes) is 1. The number of nitriles is 1. The summed E-state index contributed by atoms with van der Waals surface area (Å²) in [5.41, 5.74) is 0.476. The zero-order valence-electron chi connectivity index (χ0n) is 21.5. The molecule has 2 aromatic heterocycles. The summed E-state index contributed by atoms with van der Waals surface area (Å²) in [4.78, 5) is 51.2. The minimum Gasteiger partial charge on any atom is -0.464 e. The molecule has 0 aliphatic carbocycles. The molecule has 3 rings (SSSR count). The molecule has 0 aromatic carbocycles. The molecule has 0 spiro atoms. The second kappa shape index (κ2) is 12.3. The van der Waals surface area contributed by atoms with E-state index in [9.17, 15) is 14.4 Å². The van der Waals surface area contributed by atoms with Crippen molar-refractivity contribution in [2.45, 2.75) is 52.0 Å². The molecule has 2 aromatic rings. The molecule has 0 saturated carbocycles. The van der Waals surface area contributed by atoms with Gasteiger partial charge in [-0.1, -0.05) is 20.3 Å². The molecule has 1 fully saturated rings. The van der Waals surface area contributed by atoms with Crippen molar-refractivity contribution in [1.82, 2.24) is 24.3 Å². The molecular weight excluding hydrogens is 462 g/mol. The summed E-state index contributed by atoms with van der Waals surface area (Å²) >= 11 is 0. The maximum Gasteiger partial charge on any atom is 0.329 e. The van der Waals surface area contributed by atoms with Gasteiger partial charge in [-0.2, -0.15) is 5.26 Å². The van der Waals surface area contributed by atoms with Crippen molar-refractivity contribution < 1.29 is 19.1 Å². The van der Waals surface area contributed by atoms with Gasteiger partial charge in [-0.25, -0.2) is 14.8 Å². The topological polar surface area (TPSA) is 125 Å². The fraction of sp³-hybridized carbons (Fsp3) is 0.600. The van der Waals surface area contributed by atoms with Gasteiger partial charge in [0.05, 0.1) is 24.0 Å². The van der Waals surface area contributed by atoms with E-state index in [0.29, 0.717) is 36.9 Å². The van der Waals surface area contributed by atoms with Crippen LogP contribution in [0.5, 0.6) is 0 Å². The van der Waals surface area contributed by atoms with Crippen molar-refractivity contribution in [3.05, 3.63) is 18.6 Å². The van der Waals surface area contributed by atoms with E-state index in [1.54, 1.807) is 18.1 Å². The van der Waals surface area contributed by atoms with Gasteiger partial charge in [0.15, 0.2) is 5.65 Å².